The summed E-state index contributed by atoms with van der Waals surface area (Å²) in [5.41, 5.74) is 3.36. The third-order valence-corrected chi connectivity index (χ3v) is 10.00. The van der Waals surface area contributed by atoms with Gasteiger partial charge in [0, 0.05) is 50.3 Å². The molecule has 3 N–H and O–H groups in total. The first-order valence-electron chi connectivity index (χ1n) is 15.1. The normalized spacial score (nSPS) is 22.2. The highest BCUT2D eigenvalue weighted by molar-refractivity contribution is 7.18. The zero-order valence-electron chi connectivity index (χ0n) is 24.7. The van der Waals surface area contributed by atoms with Crippen LogP contribution in [0.3, 0.4) is 0 Å². The summed E-state index contributed by atoms with van der Waals surface area (Å²) in [5, 5.41) is 41.6. The highest BCUT2D eigenvalue weighted by Gasteiger charge is 2.44. The number of pyridine rings is 1. The lowest BCUT2D eigenvalue weighted by molar-refractivity contribution is -0.137. The maximum Gasteiger partial charge on any atom is 0.251 e. The summed E-state index contributed by atoms with van der Waals surface area (Å²) in [5.74, 6) is 0.282. The van der Waals surface area contributed by atoms with E-state index >= 15 is 0 Å². The summed E-state index contributed by atoms with van der Waals surface area (Å²) in [7, 11) is 0. The first-order chi connectivity index (χ1) is 21.3. The first kappa shape index (κ1) is 28.6. The summed E-state index contributed by atoms with van der Waals surface area (Å²) in [6.45, 7) is 6.06. The molecule has 4 aromatic rings. The lowest BCUT2D eigenvalue weighted by atomic mass is 9.91. The molecule has 1 unspecified atom stereocenters. The second-order valence-corrected chi connectivity index (χ2v) is 13.5. The molecule has 12 nitrogen and oxygen atoms in total. The predicted molar refractivity (Wildman–Crippen MR) is 166 cm³/mol. The minimum atomic E-state index is -1.39. The maximum atomic E-state index is 12.5. The Morgan fingerprint density at radius 1 is 1.11 bits per heavy atom. The summed E-state index contributed by atoms with van der Waals surface area (Å²) in [6.07, 6.45) is 7.31. The van der Waals surface area contributed by atoms with Crippen molar-refractivity contribution in [2.24, 2.45) is 11.8 Å². The van der Waals surface area contributed by atoms with E-state index in [1.807, 2.05) is 30.5 Å². The van der Waals surface area contributed by atoms with Crippen molar-refractivity contribution in [2.45, 2.75) is 57.2 Å². The minimum absolute atomic E-state index is 0.0655. The number of hydrogen-bond donors (Lipinski definition) is 3. The molecule has 2 saturated heterocycles. The van der Waals surface area contributed by atoms with Gasteiger partial charge >= 0.3 is 0 Å². The zero-order chi connectivity index (χ0) is 30.4. The smallest absolute Gasteiger partial charge is 0.251 e. The fraction of sp³-hybridized carbons (Fsp3) is 0.484. The Bertz CT molecular complexity index is 1720. The van der Waals surface area contributed by atoms with Crippen molar-refractivity contribution in [2.75, 3.05) is 36.5 Å². The lowest BCUT2D eigenvalue weighted by Gasteiger charge is -2.38. The van der Waals surface area contributed by atoms with E-state index in [4.69, 9.17) is 9.72 Å². The highest BCUT2D eigenvalue weighted by atomic mass is 32.1. The number of nitrogens with one attached hydrogen (secondary N) is 2. The molecule has 228 valence electrons. The Morgan fingerprint density at radius 3 is 2.61 bits per heavy atom. The number of fused-ring (bicyclic) bond motifs is 3. The molecule has 3 aliphatic rings. The van der Waals surface area contributed by atoms with Crippen molar-refractivity contribution in [1.29, 1.82) is 5.26 Å². The quantitative estimate of drug-likeness (QED) is 0.282. The topological polar surface area (TPSA) is 154 Å². The van der Waals surface area contributed by atoms with E-state index < -0.39 is 5.60 Å². The fourth-order valence-corrected chi connectivity index (χ4v) is 7.48. The van der Waals surface area contributed by atoms with Gasteiger partial charge in [-0.1, -0.05) is 11.3 Å². The van der Waals surface area contributed by atoms with Crippen molar-refractivity contribution in [3.05, 3.63) is 42.2 Å². The number of nitrogens with zero attached hydrogens (tertiary/aromatic N) is 7. The SMILES string of the molecule is CC(C)(O)C(=O)NC1[C@@H]2CC[C@H]1CN(c1nnc(-c3cnc(-c4ccc5cc(C#N)cnn45)cc3NC3CCOCC3)s1)C2. The number of aliphatic hydroxyl groups is 1. The van der Waals surface area contributed by atoms with E-state index in [-0.39, 0.29) is 18.0 Å². The molecular formula is C31H35N9O3S. The molecule has 3 atom stereocenters. The van der Waals surface area contributed by atoms with E-state index in [0.717, 1.165) is 90.3 Å². The molecule has 1 aliphatic carbocycles. The summed E-state index contributed by atoms with van der Waals surface area (Å²) in [6, 6.07) is 10.2. The molecule has 44 heavy (non-hydrogen) atoms. The van der Waals surface area contributed by atoms with Crippen LogP contribution in [0.4, 0.5) is 10.8 Å². The Kier molecular flexibility index (Phi) is 7.44. The number of ether oxygens (including phenoxy) is 1. The van der Waals surface area contributed by atoms with Crippen LogP contribution in [0.25, 0.3) is 27.5 Å². The van der Waals surface area contributed by atoms with Gasteiger partial charge in [-0.25, -0.2) is 4.52 Å². The van der Waals surface area contributed by atoms with E-state index in [1.54, 1.807) is 22.0 Å². The molecule has 13 heteroatoms. The van der Waals surface area contributed by atoms with Gasteiger partial charge in [-0.15, -0.1) is 10.2 Å². The third kappa shape index (κ3) is 5.49. The summed E-state index contributed by atoms with van der Waals surface area (Å²) < 4.78 is 7.39. The van der Waals surface area contributed by atoms with Gasteiger partial charge < -0.3 is 25.4 Å². The Balaban J connectivity index is 1.16. The van der Waals surface area contributed by atoms with E-state index in [1.165, 1.54) is 13.8 Å². The van der Waals surface area contributed by atoms with Gasteiger partial charge in [-0.05, 0) is 75.6 Å². The number of piperidine rings is 1. The Morgan fingerprint density at radius 2 is 1.89 bits per heavy atom. The van der Waals surface area contributed by atoms with Crippen LogP contribution in [0.15, 0.2) is 36.7 Å². The van der Waals surface area contributed by atoms with Crippen LogP contribution in [0, 0.1) is 23.2 Å². The number of hydrogen-bond acceptors (Lipinski definition) is 11. The molecule has 0 spiro atoms. The average Bonchev–Trinajstić information content (AvgIpc) is 3.73. The molecule has 0 aromatic carbocycles. The molecule has 2 aliphatic heterocycles. The molecular weight excluding hydrogens is 578 g/mol. The molecule has 4 aromatic heterocycles. The van der Waals surface area contributed by atoms with E-state index in [2.05, 4.69) is 36.9 Å². The minimum Gasteiger partial charge on any atom is -0.381 e. The van der Waals surface area contributed by atoms with Crippen LogP contribution in [0.5, 0.6) is 0 Å². The van der Waals surface area contributed by atoms with Crippen molar-refractivity contribution >= 4 is 33.6 Å². The van der Waals surface area contributed by atoms with Gasteiger partial charge in [0.2, 0.25) is 5.13 Å². The Hall–Kier alpha value is -4.12. The van der Waals surface area contributed by atoms with Gasteiger partial charge in [0.05, 0.1) is 34.2 Å². The van der Waals surface area contributed by atoms with Crippen molar-refractivity contribution in [3.8, 4) is 28.0 Å². The molecule has 6 heterocycles. The van der Waals surface area contributed by atoms with Crippen molar-refractivity contribution in [3.63, 3.8) is 0 Å². The highest BCUT2D eigenvalue weighted by Crippen LogP contribution is 2.42. The number of carbonyl (C=O) groups is 1. The molecule has 3 fully saturated rings. The van der Waals surface area contributed by atoms with Gasteiger partial charge in [0.15, 0.2) is 5.01 Å². The zero-order valence-corrected chi connectivity index (χ0v) is 25.5. The van der Waals surface area contributed by atoms with Crippen molar-refractivity contribution in [1.82, 2.24) is 30.1 Å². The monoisotopic (exact) mass is 613 g/mol. The average molecular weight is 614 g/mol. The summed E-state index contributed by atoms with van der Waals surface area (Å²) in [4.78, 5) is 19.6. The predicted octanol–water partition coefficient (Wildman–Crippen LogP) is 3.48. The molecule has 2 bridgehead atoms. The number of amides is 1. The van der Waals surface area contributed by atoms with Crippen LogP contribution in [-0.2, 0) is 9.53 Å². The van der Waals surface area contributed by atoms with Crippen LogP contribution in [0.2, 0.25) is 0 Å². The van der Waals surface area contributed by atoms with Gasteiger partial charge in [-0.2, -0.15) is 10.4 Å². The number of nitriles is 1. The number of rotatable bonds is 7. The number of aromatic nitrogens is 5. The molecule has 0 radical (unpaired) electrons. The maximum absolute atomic E-state index is 12.5. The first-order valence-corrected chi connectivity index (χ1v) is 15.9. The van der Waals surface area contributed by atoms with Crippen LogP contribution >= 0.6 is 11.3 Å². The molecule has 7 rings (SSSR count). The number of carbonyl (C=O) groups excluding carboxylic acids is 1. The second-order valence-electron chi connectivity index (χ2n) is 12.5. The van der Waals surface area contributed by atoms with Crippen molar-refractivity contribution < 1.29 is 14.6 Å². The van der Waals surface area contributed by atoms with Crippen LogP contribution in [-0.4, -0.2) is 79.8 Å². The molecule has 1 amide bonds. The van der Waals surface area contributed by atoms with E-state index in [0.29, 0.717) is 17.4 Å². The van der Waals surface area contributed by atoms with Crippen LogP contribution < -0.4 is 15.5 Å². The summed E-state index contributed by atoms with van der Waals surface area (Å²) >= 11 is 1.55. The van der Waals surface area contributed by atoms with Gasteiger partial charge in [0.1, 0.15) is 11.7 Å². The van der Waals surface area contributed by atoms with Gasteiger partial charge in [0.25, 0.3) is 5.91 Å². The van der Waals surface area contributed by atoms with Crippen LogP contribution in [0.1, 0.15) is 45.1 Å². The standard InChI is InChI=1S/C31H35N9O3S/c1-31(2,42)29(41)36-27-19-3-4-20(27)17-39(16-19)30-38-37-28(44-30)23-15-33-25(12-24(23)35-21-7-9-43-10-8-21)26-6-5-22-11-18(13-32)14-34-40(22)26/h5-6,11-12,14-15,19-21,27,42H,3-4,7-10,16-17H2,1-2H3,(H,33,35)(H,36,41)/t19-,20+,27?. The number of anilines is 2. The fourth-order valence-electron chi connectivity index (χ4n) is 6.60. The van der Waals surface area contributed by atoms with Gasteiger partial charge in [-0.3, -0.25) is 9.78 Å². The molecule has 1 saturated carbocycles. The Labute approximate surface area is 259 Å². The van der Waals surface area contributed by atoms with E-state index in [9.17, 15) is 15.2 Å². The largest absolute Gasteiger partial charge is 0.381 e. The third-order valence-electron chi connectivity index (χ3n) is 8.98. The lowest BCUT2D eigenvalue weighted by Crippen LogP contribution is -2.56. The second kappa shape index (κ2) is 11.4.